The Morgan fingerprint density at radius 2 is 0.504 bits per heavy atom. The van der Waals surface area contributed by atoms with Crippen LogP contribution in [-0.4, -0.2) is 215 Å². The maximum absolute atomic E-state index is 13.8. The van der Waals surface area contributed by atoms with E-state index in [0.29, 0.717) is 117 Å². The van der Waals surface area contributed by atoms with Gasteiger partial charge in [-0.05, 0) is 177 Å². The van der Waals surface area contributed by atoms with Crippen LogP contribution in [0, 0.1) is 34.0 Å². The summed E-state index contributed by atoms with van der Waals surface area (Å²) < 4.78 is 128. The van der Waals surface area contributed by atoms with E-state index in [0.717, 1.165) is 71.9 Å². The molecule has 6 aliphatic rings. The van der Waals surface area contributed by atoms with Crippen molar-refractivity contribution in [2.45, 2.75) is 256 Å². The van der Waals surface area contributed by atoms with E-state index in [1.54, 1.807) is 57.2 Å². The third-order valence-electron chi connectivity index (χ3n) is 26.9. The highest BCUT2D eigenvalue weighted by Crippen LogP contribution is 2.45. The van der Waals surface area contributed by atoms with Gasteiger partial charge in [0.05, 0.1) is 18.1 Å². The van der Waals surface area contributed by atoms with E-state index in [1.165, 1.54) is 53.1 Å². The maximum Gasteiger partial charge on any atom is 0.573 e. The average Bonchev–Trinajstić information content (AvgIpc) is 0.776. The Kier molecular flexibility index (Phi) is 34.3. The normalized spacial score (nSPS) is 19.9. The zero-order valence-electron chi connectivity index (χ0n) is 78.9. The molecule has 6 aliphatic heterocycles. The molecule has 6 heterocycles. The van der Waals surface area contributed by atoms with Gasteiger partial charge in [0, 0.05) is 156 Å². The highest BCUT2D eigenvalue weighted by atomic mass is 19.4. The Bertz CT molecular complexity index is 4210. The van der Waals surface area contributed by atoms with Gasteiger partial charge in [0.2, 0.25) is 35.4 Å². The van der Waals surface area contributed by atoms with Crippen LogP contribution in [-0.2, 0) is 28.8 Å². The molecule has 708 valence electrons. The van der Waals surface area contributed by atoms with Gasteiger partial charge in [-0.3, -0.25) is 43.5 Å². The fourth-order valence-corrected chi connectivity index (χ4v) is 19.9. The third kappa shape index (κ3) is 28.2. The highest BCUT2D eigenvalue weighted by Gasteiger charge is 2.47. The molecule has 0 spiro atoms. The molecule has 3 unspecified atom stereocenters. The molecular weight excluding hydrogens is 1670 g/mol. The molecule has 6 atom stereocenters. The fraction of sp³-hybridized carbons (Fsp3) is 0.588. The molecule has 6 aromatic rings. The van der Waals surface area contributed by atoms with E-state index < -0.39 is 19.1 Å². The number of likely N-dealkylation sites (tertiary alicyclic amines) is 3. The first-order chi connectivity index (χ1) is 60.4. The molecular formula is C102H138F9N9O9. The van der Waals surface area contributed by atoms with E-state index in [2.05, 4.69) is 184 Å². The number of carbonyl (C=O) groups is 6. The zero-order valence-corrected chi connectivity index (χ0v) is 78.9. The maximum atomic E-state index is 13.8. The number of piperidine rings is 3. The topological polar surface area (TPSA) is 159 Å². The number of halogens is 9. The number of hydrogen-bond donors (Lipinski definition) is 0. The van der Waals surface area contributed by atoms with Crippen LogP contribution >= 0.6 is 0 Å². The minimum absolute atomic E-state index is 0.0485. The molecule has 6 saturated heterocycles. The lowest BCUT2D eigenvalue weighted by atomic mass is 9.81. The summed E-state index contributed by atoms with van der Waals surface area (Å²) in [4.78, 5) is 95.4. The summed E-state index contributed by atoms with van der Waals surface area (Å²) in [5.74, 6) is 1.57. The minimum Gasteiger partial charge on any atom is -0.406 e. The summed E-state index contributed by atoms with van der Waals surface area (Å²) >= 11 is 0. The van der Waals surface area contributed by atoms with Crippen molar-refractivity contribution in [3.8, 4) is 17.2 Å². The lowest BCUT2D eigenvalue weighted by Gasteiger charge is -2.50. The number of hydrogen-bond acceptors (Lipinski definition) is 12. The number of rotatable bonds is 21. The standard InChI is InChI=1S/3C34H46F3N3O3/c3*1-23(2)28-9-7-8-10-29(28)32(26-11-13-27(14-12-26)43-34(35,36)37)39-19-20-40(30(22-39)33(4,5)6)31(42)21-25-15-17-38(18-16-25)24(3)41/h3*7-14,23,25,30,32H,15-22H2,1-6H3/t3*30-,32?/m111/s1. The van der Waals surface area contributed by atoms with E-state index in [9.17, 15) is 68.3 Å². The van der Waals surface area contributed by atoms with Crippen LogP contribution in [0.1, 0.15) is 268 Å². The van der Waals surface area contributed by atoms with Gasteiger partial charge in [-0.2, -0.15) is 0 Å². The molecule has 0 bridgehead atoms. The lowest BCUT2D eigenvalue weighted by molar-refractivity contribution is -0.275. The zero-order chi connectivity index (χ0) is 94.6. The number of piperazine rings is 3. The molecule has 0 aliphatic carbocycles. The molecule has 0 radical (unpaired) electrons. The van der Waals surface area contributed by atoms with Crippen LogP contribution < -0.4 is 14.2 Å². The summed E-state index contributed by atoms with van der Waals surface area (Å²) in [6.45, 7) is 46.8. The van der Waals surface area contributed by atoms with Crippen molar-refractivity contribution in [2.24, 2.45) is 34.0 Å². The smallest absolute Gasteiger partial charge is 0.406 e. The minimum atomic E-state index is -4.75. The molecule has 12 rings (SSSR count). The van der Waals surface area contributed by atoms with Crippen molar-refractivity contribution >= 4 is 35.4 Å². The van der Waals surface area contributed by atoms with Gasteiger partial charge in [0.1, 0.15) is 17.2 Å². The molecule has 0 N–H and O–H groups in total. The Morgan fingerprint density at radius 3 is 0.682 bits per heavy atom. The number of nitrogens with zero attached hydrogens (tertiary/aromatic N) is 9. The number of amides is 6. The lowest BCUT2D eigenvalue weighted by Crippen LogP contribution is -2.60. The Labute approximate surface area is 758 Å². The van der Waals surface area contributed by atoms with Crippen molar-refractivity contribution in [2.75, 3.05) is 98.2 Å². The summed E-state index contributed by atoms with van der Waals surface area (Å²) in [6, 6.07) is 42.6. The second-order valence-electron chi connectivity index (χ2n) is 40.3. The predicted octanol–water partition coefficient (Wildman–Crippen LogP) is 21.0. The molecule has 0 saturated carbocycles. The van der Waals surface area contributed by atoms with Crippen molar-refractivity contribution in [3.05, 3.63) is 196 Å². The van der Waals surface area contributed by atoms with Gasteiger partial charge >= 0.3 is 19.1 Å². The first-order valence-corrected chi connectivity index (χ1v) is 46.1. The number of ether oxygens (including phenoxy) is 3. The Balaban J connectivity index is 0.000000201. The summed E-state index contributed by atoms with van der Waals surface area (Å²) in [5, 5.41) is 0. The monoisotopic (exact) mass is 1800 g/mol. The molecule has 129 heavy (non-hydrogen) atoms. The second-order valence-corrected chi connectivity index (χ2v) is 40.3. The van der Waals surface area contributed by atoms with Crippen LogP contribution in [0.2, 0.25) is 0 Å². The molecule has 27 heteroatoms. The number of alkyl halides is 9. The summed E-state index contributed by atoms with van der Waals surface area (Å²) in [5.41, 5.74) is 8.97. The Morgan fingerprint density at radius 1 is 0.302 bits per heavy atom. The Hall–Kier alpha value is -9.21. The van der Waals surface area contributed by atoms with Crippen LogP contribution in [0.25, 0.3) is 0 Å². The summed E-state index contributed by atoms with van der Waals surface area (Å²) in [6.07, 6.45) is -7.76. The number of carbonyl (C=O) groups excluding carboxylic acids is 6. The molecule has 6 amide bonds. The van der Waals surface area contributed by atoms with Crippen molar-refractivity contribution in [3.63, 3.8) is 0 Å². The number of benzene rings is 6. The molecule has 6 aromatic carbocycles. The van der Waals surface area contributed by atoms with Crippen molar-refractivity contribution in [1.82, 2.24) is 44.1 Å². The highest BCUT2D eigenvalue weighted by molar-refractivity contribution is 5.79. The van der Waals surface area contributed by atoms with E-state index >= 15 is 0 Å². The van der Waals surface area contributed by atoms with Gasteiger partial charge in [0.15, 0.2) is 0 Å². The van der Waals surface area contributed by atoms with Gasteiger partial charge in [0.25, 0.3) is 0 Å². The van der Waals surface area contributed by atoms with Gasteiger partial charge in [-0.1, -0.05) is 213 Å². The van der Waals surface area contributed by atoms with Crippen molar-refractivity contribution < 1.29 is 82.5 Å². The van der Waals surface area contributed by atoms with Crippen LogP contribution in [0.3, 0.4) is 0 Å². The first-order valence-electron chi connectivity index (χ1n) is 46.1. The van der Waals surface area contributed by atoms with E-state index in [-0.39, 0.29) is 141 Å². The SMILES string of the molecule is CC(=O)N1CCC(CC(=O)N2CCN(C(c3ccc(OC(F)(F)F)cc3)c3ccccc3C(C)C)C[C@@H]2C(C)(C)C)CC1.CC(=O)N1CCC(CC(=O)N2CCN(C(c3ccc(OC(F)(F)F)cc3)c3ccccc3C(C)C)C[C@@H]2C(C)(C)C)CC1.CC(=O)N1CCC(CC(=O)N2CCN(C(c3ccc(OC(F)(F)F)cc3)c3ccccc3C(C)C)C[C@@H]2C(C)(C)C)CC1. The molecule has 18 nitrogen and oxygen atoms in total. The quantitative estimate of drug-likeness (QED) is 0.0629. The van der Waals surface area contributed by atoms with Gasteiger partial charge in [-0.15, -0.1) is 39.5 Å². The van der Waals surface area contributed by atoms with E-state index in [1.807, 2.05) is 51.1 Å². The predicted molar refractivity (Wildman–Crippen MR) is 485 cm³/mol. The van der Waals surface area contributed by atoms with Crippen LogP contribution in [0.4, 0.5) is 39.5 Å². The molecule has 0 aromatic heterocycles. The van der Waals surface area contributed by atoms with E-state index in [4.69, 9.17) is 0 Å². The van der Waals surface area contributed by atoms with Crippen molar-refractivity contribution in [1.29, 1.82) is 0 Å². The molecule has 6 fully saturated rings. The van der Waals surface area contributed by atoms with Gasteiger partial charge in [-0.25, -0.2) is 0 Å². The summed E-state index contributed by atoms with van der Waals surface area (Å²) in [7, 11) is 0. The fourth-order valence-electron chi connectivity index (χ4n) is 19.9. The van der Waals surface area contributed by atoms with Gasteiger partial charge < -0.3 is 43.6 Å². The first kappa shape index (κ1) is 102. The third-order valence-corrected chi connectivity index (χ3v) is 26.9. The van der Waals surface area contributed by atoms with Crippen LogP contribution in [0.15, 0.2) is 146 Å². The average molecular weight is 1810 g/mol. The largest absolute Gasteiger partial charge is 0.573 e. The van der Waals surface area contributed by atoms with Crippen LogP contribution in [0.5, 0.6) is 17.2 Å². The second kappa shape index (κ2) is 43.4.